The van der Waals surface area contributed by atoms with Crippen molar-refractivity contribution in [1.82, 2.24) is 5.32 Å². The molecule has 1 aromatic carbocycles. The van der Waals surface area contributed by atoms with Crippen LogP contribution in [0.5, 0.6) is 0 Å². The first kappa shape index (κ1) is 15.6. The van der Waals surface area contributed by atoms with Gasteiger partial charge in [-0.3, -0.25) is 9.59 Å². The van der Waals surface area contributed by atoms with Crippen LogP contribution in [-0.4, -0.2) is 23.1 Å². The number of aliphatic hydroxyl groups excluding tert-OH is 1. The number of rotatable bonds is 4. The number of benzene rings is 1. The van der Waals surface area contributed by atoms with Crippen molar-refractivity contribution in [2.75, 3.05) is 0 Å². The Labute approximate surface area is 118 Å². The number of hydrogen-bond donors (Lipinski definition) is 2. The summed E-state index contributed by atoms with van der Waals surface area (Å²) < 4.78 is 0. The third-order valence-corrected chi connectivity index (χ3v) is 2.66. The van der Waals surface area contributed by atoms with Crippen LogP contribution in [-0.2, 0) is 9.59 Å². The summed E-state index contributed by atoms with van der Waals surface area (Å²) in [5, 5.41) is 12.2. The van der Waals surface area contributed by atoms with Gasteiger partial charge in [0.1, 0.15) is 5.76 Å². The van der Waals surface area contributed by atoms with E-state index in [1.54, 1.807) is 0 Å². The lowest BCUT2D eigenvalue weighted by atomic mass is 10.1. The highest BCUT2D eigenvalue weighted by molar-refractivity contribution is 6.14. The largest absolute Gasteiger partial charge is 0.512 e. The van der Waals surface area contributed by atoms with Gasteiger partial charge in [-0.1, -0.05) is 30.3 Å². The third kappa shape index (κ3) is 4.68. The van der Waals surface area contributed by atoms with Crippen molar-refractivity contribution in [2.45, 2.75) is 26.8 Å². The second kappa shape index (κ2) is 7.23. The molecule has 0 aliphatic rings. The lowest BCUT2D eigenvalue weighted by Crippen LogP contribution is -2.29. The number of allylic oxidation sites excluding steroid dienone is 1. The summed E-state index contributed by atoms with van der Waals surface area (Å²) in [7, 11) is 0. The Balaban J connectivity index is 2.83. The normalized spacial score (nSPS) is 13.8. The molecule has 0 heterocycles. The van der Waals surface area contributed by atoms with Crippen molar-refractivity contribution < 1.29 is 14.7 Å². The van der Waals surface area contributed by atoms with Gasteiger partial charge in [0.05, 0.1) is 11.6 Å². The Morgan fingerprint density at radius 1 is 1.25 bits per heavy atom. The second-order valence-electron chi connectivity index (χ2n) is 4.38. The molecule has 0 aliphatic heterocycles. The monoisotopic (exact) mass is 274 g/mol. The van der Waals surface area contributed by atoms with Gasteiger partial charge >= 0.3 is 0 Å². The summed E-state index contributed by atoms with van der Waals surface area (Å²) in [6.07, 6.45) is 1.07. The van der Waals surface area contributed by atoms with E-state index in [1.165, 1.54) is 13.8 Å². The molecule has 0 fully saturated rings. The molecule has 2 N–H and O–H groups in total. The number of hydrogen-bond acceptors (Lipinski definition) is 3. The molecule has 0 aliphatic carbocycles. The van der Waals surface area contributed by atoms with E-state index in [2.05, 4.69) is 10.3 Å². The molecule has 106 valence electrons. The average molecular weight is 274 g/mol. The van der Waals surface area contributed by atoms with E-state index in [4.69, 9.17) is 0 Å². The van der Waals surface area contributed by atoms with Crippen LogP contribution in [0, 0.1) is 0 Å². The summed E-state index contributed by atoms with van der Waals surface area (Å²) in [4.78, 5) is 26.4. The molecule has 2 amide bonds. The van der Waals surface area contributed by atoms with E-state index in [1.807, 2.05) is 37.3 Å². The Bertz CT molecular complexity index is 543. The lowest BCUT2D eigenvalue weighted by molar-refractivity contribution is -0.117. The predicted octanol–water partition coefficient (Wildman–Crippen LogP) is 2.31. The van der Waals surface area contributed by atoms with Crippen LogP contribution < -0.4 is 5.32 Å². The highest BCUT2D eigenvalue weighted by atomic mass is 16.3. The van der Waals surface area contributed by atoms with Crippen LogP contribution >= 0.6 is 0 Å². The van der Waals surface area contributed by atoms with Crippen molar-refractivity contribution >= 4 is 18.0 Å². The first-order valence-corrected chi connectivity index (χ1v) is 6.22. The Hall–Kier alpha value is -2.43. The van der Waals surface area contributed by atoms with Gasteiger partial charge in [0.25, 0.3) is 5.91 Å². The van der Waals surface area contributed by atoms with Gasteiger partial charge in [0.2, 0.25) is 5.91 Å². The fourth-order valence-corrected chi connectivity index (χ4v) is 1.57. The highest BCUT2D eigenvalue weighted by Crippen LogP contribution is 2.12. The van der Waals surface area contributed by atoms with Gasteiger partial charge in [-0.25, -0.2) is 4.99 Å². The van der Waals surface area contributed by atoms with Gasteiger partial charge in [-0.05, 0) is 19.4 Å². The summed E-state index contributed by atoms with van der Waals surface area (Å²) >= 11 is 0. The van der Waals surface area contributed by atoms with Crippen LogP contribution in [0.4, 0.5) is 0 Å². The second-order valence-corrected chi connectivity index (χ2v) is 4.38. The first-order chi connectivity index (χ1) is 9.41. The highest BCUT2D eigenvalue weighted by Gasteiger charge is 2.15. The van der Waals surface area contributed by atoms with E-state index in [0.717, 1.165) is 11.8 Å². The van der Waals surface area contributed by atoms with E-state index >= 15 is 0 Å². The Morgan fingerprint density at radius 2 is 1.85 bits per heavy atom. The predicted molar refractivity (Wildman–Crippen MR) is 77.5 cm³/mol. The maximum absolute atomic E-state index is 12.0. The smallest absolute Gasteiger partial charge is 0.256 e. The maximum Gasteiger partial charge on any atom is 0.256 e. The van der Waals surface area contributed by atoms with Gasteiger partial charge < -0.3 is 10.4 Å². The van der Waals surface area contributed by atoms with Crippen LogP contribution in [0.25, 0.3) is 0 Å². The molecule has 1 atom stereocenters. The summed E-state index contributed by atoms with van der Waals surface area (Å²) in [5.74, 6) is -1.10. The maximum atomic E-state index is 12.0. The summed E-state index contributed by atoms with van der Waals surface area (Å²) in [6, 6.07) is 9.21. The fourth-order valence-electron chi connectivity index (χ4n) is 1.57. The molecular weight excluding hydrogens is 256 g/mol. The zero-order valence-corrected chi connectivity index (χ0v) is 11.8. The molecular formula is C15H18N2O3. The number of nitrogens with zero attached hydrogens (tertiary/aromatic N) is 1. The van der Waals surface area contributed by atoms with Crippen LogP contribution in [0.15, 0.2) is 46.7 Å². The molecule has 0 bridgehead atoms. The van der Waals surface area contributed by atoms with Crippen molar-refractivity contribution in [3.8, 4) is 0 Å². The fraction of sp³-hybridized carbons (Fsp3) is 0.267. The van der Waals surface area contributed by atoms with E-state index in [-0.39, 0.29) is 17.4 Å². The first-order valence-electron chi connectivity index (χ1n) is 6.22. The lowest BCUT2D eigenvalue weighted by Gasteiger charge is -2.14. The minimum Gasteiger partial charge on any atom is -0.512 e. The minimum absolute atomic E-state index is 0.0250. The van der Waals surface area contributed by atoms with Crippen molar-refractivity contribution in [1.29, 1.82) is 0 Å². The molecule has 0 saturated heterocycles. The third-order valence-electron chi connectivity index (χ3n) is 2.66. The summed E-state index contributed by atoms with van der Waals surface area (Å²) in [5.41, 5.74) is 0.919. The number of carbonyl (C=O) groups excluding carboxylic acids is 2. The quantitative estimate of drug-likeness (QED) is 0.502. The molecule has 0 aromatic heterocycles. The minimum atomic E-state index is -0.480. The molecule has 1 rings (SSSR count). The van der Waals surface area contributed by atoms with Gasteiger partial charge in [0, 0.05) is 13.1 Å². The number of carbonyl (C=O) groups is 2. The van der Waals surface area contributed by atoms with Crippen LogP contribution in [0.3, 0.4) is 0 Å². The molecule has 1 aromatic rings. The number of aliphatic hydroxyl groups is 1. The molecule has 0 unspecified atom stereocenters. The molecule has 5 nitrogen and oxygen atoms in total. The van der Waals surface area contributed by atoms with E-state index < -0.39 is 11.8 Å². The van der Waals surface area contributed by atoms with Gasteiger partial charge in [0.15, 0.2) is 0 Å². The van der Waals surface area contributed by atoms with Crippen molar-refractivity contribution in [3.05, 3.63) is 47.2 Å². The molecule has 0 radical (unpaired) electrons. The zero-order chi connectivity index (χ0) is 15.1. The van der Waals surface area contributed by atoms with Gasteiger partial charge in [-0.2, -0.15) is 0 Å². The standard InChI is InChI=1S/C15H18N2O3/c1-10(13-7-5-4-6-8-13)17-15(20)14(11(2)18)9-16-12(3)19/h4-10,18H,1-3H3,(H,17,20)/t10-/m0/s1. The Kier molecular flexibility index (Phi) is 5.65. The molecule has 0 spiro atoms. The molecule has 0 saturated carbocycles. The van der Waals surface area contributed by atoms with Crippen molar-refractivity contribution in [3.63, 3.8) is 0 Å². The van der Waals surface area contributed by atoms with Crippen LogP contribution in [0.1, 0.15) is 32.4 Å². The van der Waals surface area contributed by atoms with Gasteiger partial charge in [-0.15, -0.1) is 0 Å². The zero-order valence-electron chi connectivity index (χ0n) is 11.8. The van der Waals surface area contributed by atoms with E-state index in [9.17, 15) is 14.7 Å². The number of nitrogens with one attached hydrogen (secondary N) is 1. The average Bonchev–Trinajstić information content (AvgIpc) is 2.39. The topological polar surface area (TPSA) is 78.8 Å². The molecule has 20 heavy (non-hydrogen) atoms. The SMILES string of the molecule is CC(=O)N=CC(C(=O)N[C@@H](C)c1ccccc1)=C(C)O. The molecule has 5 heteroatoms. The summed E-state index contributed by atoms with van der Waals surface area (Å²) in [6.45, 7) is 4.47. The van der Waals surface area contributed by atoms with Crippen LogP contribution in [0.2, 0.25) is 0 Å². The number of amides is 2. The number of aliphatic imine (C=N–C) groups is 1. The Morgan fingerprint density at radius 3 is 2.35 bits per heavy atom. The van der Waals surface area contributed by atoms with E-state index in [0.29, 0.717) is 0 Å². The van der Waals surface area contributed by atoms with Crippen molar-refractivity contribution in [2.24, 2.45) is 4.99 Å².